The van der Waals surface area contributed by atoms with Crippen LogP contribution in [0.3, 0.4) is 0 Å². The molecule has 1 aromatic heterocycles. The van der Waals surface area contributed by atoms with Gasteiger partial charge in [-0.2, -0.15) is 0 Å². The second-order valence-corrected chi connectivity index (χ2v) is 5.20. The van der Waals surface area contributed by atoms with E-state index < -0.39 is 4.92 Å². The highest BCUT2D eigenvalue weighted by Crippen LogP contribution is 2.35. The van der Waals surface area contributed by atoms with Crippen molar-refractivity contribution in [3.8, 4) is 5.69 Å². The molecule has 1 aromatic carbocycles. The number of nitro benzene ring substituents is 1. The van der Waals surface area contributed by atoms with Gasteiger partial charge in [-0.25, -0.2) is 4.68 Å². The fourth-order valence-corrected chi connectivity index (χ4v) is 2.92. The number of rotatable bonds is 2. The van der Waals surface area contributed by atoms with Crippen molar-refractivity contribution in [1.29, 1.82) is 0 Å². The number of nitrogens with zero attached hydrogens (tertiary/aromatic N) is 3. The first-order valence-corrected chi connectivity index (χ1v) is 6.77. The number of benzene rings is 1. The summed E-state index contributed by atoms with van der Waals surface area (Å²) < 4.78 is 1.55. The van der Waals surface area contributed by atoms with E-state index in [1.165, 1.54) is 6.07 Å². The Labute approximate surface area is 120 Å². The number of nitrogens with two attached hydrogens (primary N) is 1. The first kappa shape index (κ1) is 12.9. The van der Waals surface area contributed by atoms with Gasteiger partial charge < -0.3 is 5.73 Å². The van der Waals surface area contributed by atoms with Crippen LogP contribution in [-0.2, 0) is 12.8 Å². The molecule has 1 heterocycles. The van der Waals surface area contributed by atoms with E-state index in [4.69, 9.17) is 17.3 Å². The third-order valence-corrected chi connectivity index (χ3v) is 3.89. The van der Waals surface area contributed by atoms with Gasteiger partial charge in [0.15, 0.2) is 5.69 Å². The highest BCUT2D eigenvalue weighted by atomic mass is 35.5. The number of nitro groups is 1. The molecule has 1 aliphatic rings. The van der Waals surface area contributed by atoms with Crippen LogP contribution < -0.4 is 5.73 Å². The van der Waals surface area contributed by atoms with Gasteiger partial charge in [0.1, 0.15) is 5.82 Å². The number of hydrogen-bond donors (Lipinski definition) is 1. The van der Waals surface area contributed by atoms with Gasteiger partial charge in [-0.1, -0.05) is 17.7 Å². The lowest BCUT2D eigenvalue weighted by Crippen LogP contribution is -2.10. The lowest BCUT2D eigenvalue weighted by molar-refractivity contribution is -0.384. The maximum absolute atomic E-state index is 11.2. The van der Waals surface area contributed by atoms with Crippen molar-refractivity contribution in [2.45, 2.75) is 25.7 Å². The van der Waals surface area contributed by atoms with Crippen LogP contribution in [0.2, 0.25) is 5.02 Å². The Bertz CT molecular complexity index is 696. The van der Waals surface area contributed by atoms with E-state index in [-0.39, 0.29) is 5.69 Å². The second-order valence-electron chi connectivity index (χ2n) is 4.79. The van der Waals surface area contributed by atoms with Crippen molar-refractivity contribution >= 4 is 23.1 Å². The monoisotopic (exact) mass is 292 g/mol. The molecule has 104 valence electrons. The third-order valence-electron chi connectivity index (χ3n) is 3.59. The summed E-state index contributed by atoms with van der Waals surface area (Å²) in [5.74, 6) is 0.439. The smallest absolute Gasteiger partial charge is 0.296 e. The number of aromatic nitrogens is 2. The highest BCUT2D eigenvalue weighted by Gasteiger charge is 2.26. The van der Waals surface area contributed by atoms with Gasteiger partial charge in [-0.05, 0) is 31.7 Å². The van der Waals surface area contributed by atoms with Crippen molar-refractivity contribution in [3.05, 3.63) is 44.6 Å². The van der Waals surface area contributed by atoms with Crippen molar-refractivity contribution in [3.63, 3.8) is 0 Å². The summed E-state index contributed by atoms with van der Waals surface area (Å²) in [6, 6.07) is 4.61. The molecular formula is C13H13ClN4O2. The fourth-order valence-electron chi connectivity index (χ4n) is 2.67. The molecule has 0 aliphatic heterocycles. The first-order valence-electron chi connectivity index (χ1n) is 6.39. The van der Waals surface area contributed by atoms with Crippen LogP contribution in [0.15, 0.2) is 18.2 Å². The molecule has 0 amide bonds. The van der Waals surface area contributed by atoms with Gasteiger partial charge in [0.25, 0.3) is 5.69 Å². The number of fused-ring (bicyclic) bond motifs is 1. The number of halogens is 1. The molecule has 0 unspecified atom stereocenters. The minimum absolute atomic E-state index is 0.0617. The maximum Gasteiger partial charge on any atom is 0.296 e. The predicted octanol–water partition coefficient (Wildman–Crippen LogP) is 2.89. The molecule has 1 aliphatic carbocycles. The van der Waals surface area contributed by atoms with E-state index in [9.17, 15) is 10.1 Å². The van der Waals surface area contributed by atoms with E-state index in [0.717, 1.165) is 36.9 Å². The number of anilines is 1. The third kappa shape index (κ3) is 1.92. The van der Waals surface area contributed by atoms with E-state index in [2.05, 4.69) is 5.10 Å². The molecular weight excluding hydrogens is 280 g/mol. The van der Waals surface area contributed by atoms with Crippen molar-refractivity contribution in [2.24, 2.45) is 0 Å². The van der Waals surface area contributed by atoms with Gasteiger partial charge in [0.05, 0.1) is 15.6 Å². The zero-order valence-electron chi connectivity index (χ0n) is 10.7. The molecule has 7 heteroatoms. The molecule has 20 heavy (non-hydrogen) atoms. The molecule has 2 N–H and O–H groups in total. The van der Waals surface area contributed by atoms with Crippen LogP contribution in [0.1, 0.15) is 24.1 Å². The Balaban J connectivity index is 2.27. The largest absolute Gasteiger partial charge is 0.382 e. The average Bonchev–Trinajstić information content (AvgIpc) is 2.76. The van der Waals surface area contributed by atoms with Crippen LogP contribution in [0, 0.1) is 10.1 Å². The SMILES string of the molecule is Nc1nn(-c2c(Cl)cccc2[N+](=O)[O-])c2c1CCCC2. The minimum atomic E-state index is -0.450. The van der Waals surface area contributed by atoms with Gasteiger partial charge >= 0.3 is 0 Å². The average molecular weight is 293 g/mol. The molecule has 0 atom stereocenters. The van der Waals surface area contributed by atoms with Crippen LogP contribution in [-0.4, -0.2) is 14.7 Å². The number of hydrogen-bond acceptors (Lipinski definition) is 4. The zero-order chi connectivity index (χ0) is 14.3. The molecule has 0 radical (unpaired) electrons. The summed E-state index contributed by atoms with van der Waals surface area (Å²) in [7, 11) is 0. The Morgan fingerprint density at radius 3 is 2.85 bits per heavy atom. The van der Waals surface area contributed by atoms with E-state index >= 15 is 0 Å². The van der Waals surface area contributed by atoms with Crippen molar-refractivity contribution in [1.82, 2.24) is 9.78 Å². The van der Waals surface area contributed by atoms with Crippen LogP contribution in [0.5, 0.6) is 0 Å². The van der Waals surface area contributed by atoms with E-state index in [1.807, 2.05) is 0 Å². The molecule has 2 aromatic rings. The van der Waals surface area contributed by atoms with E-state index in [0.29, 0.717) is 16.5 Å². The van der Waals surface area contributed by atoms with Crippen LogP contribution in [0.4, 0.5) is 11.5 Å². The van der Waals surface area contributed by atoms with Crippen LogP contribution in [0.25, 0.3) is 5.69 Å². The Kier molecular flexibility index (Phi) is 3.10. The summed E-state index contributed by atoms with van der Waals surface area (Å²) in [5.41, 5.74) is 8.10. The topological polar surface area (TPSA) is 87.0 Å². The standard InChI is InChI=1S/C13H13ClN4O2/c14-9-5-3-7-11(18(19)20)12(9)17-10-6-2-1-4-8(10)13(15)16-17/h3,5,7H,1-2,4,6H2,(H2,15,16). The van der Waals surface area contributed by atoms with Gasteiger partial charge in [-0.3, -0.25) is 10.1 Å². The minimum Gasteiger partial charge on any atom is -0.382 e. The number of nitrogen functional groups attached to an aromatic ring is 1. The fraction of sp³-hybridized carbons (Fsp3) is 0.308. The second kappa shape index (κ2) is 4.79. The van der Waals surface area contributed by atoms with E-state index in [1.54, 1.807) is 16.8 Å². The lowest BCUT2D eigenvalue weighted by Gasteiger charge is -2.14. The Morgan fingerprint density at radius 2 is 2.10 bits per heavy atom. The van der Waals surface area contributed by atoms with Gasteiger partial charge in [-0.15, -0.1) is 5.10 Å². The van der Waals surface area contributed by atoms with Crippen LogP contribution >= 0.6 is 11.6 Å². The molecule has 0 saturated heterocycles. The highest BCUT2D eigenvalue weighted by molar-refractivity contribution is 6.32. The molecule has 3 rings (SSSR count). The summed E-state index contributed by atoms with van der Waals surface area (Å²) in [4.78, 5) is 10.7. The lowest BCUT2D eigenvalue weighted by atomic mass is 9.97. The van der Waals surface area contributed by atoms with Gasteiger partial charge in [0.2, 0.25) is 0 Å². The predicted molar refractivity (Wildman–Crippen MR) is 76.3 cm³/mol. The first-order chi connectivity index (χ1) is 9.59. The Morgan fingerprint density at radius 1 is 1.35 bits per heavy atom. The van der Waals surface area contributed by atoms with Crippen molar-refractivity contribution < 1.29 is 4.92 Å². The Hall–Kier alpha value is -2.08. The zero-order valence-corrected chi connectivity index (χ0v) is 11.4. The normalized spacial score (nSPS) is 14.1. The molecule has 0 spiro atoms. The van der Waals surface area contributed by atoms with Crippen molar-refractivity contribution in [2.75, 3.05) is 5.73 Å². The summed E-state index contributed by atoms with van der Waals surface area (Å²) in [6.07, 6.45) is 3.76. The van der Waals surface area contributed by atoms with Gasteiger partial charge in [0, 0.05) is 11.6 Å². The number of para-hydroxylation sites is 1. The summed E-state index contributed by atoms with van der Waals surface area (Å²) in [5, 5.41) is 15.8. The quantitative estimate of drug-likeness (QED) is 0.681. The molecule has 6 nitrogen and oxygen atoms in total. The molecule has 0 saturated carbocycles. The summed E-state index contributed by atoms with van der Waals surface area (Å²) >= 11 is 6.15. The summed E-state index contributed by atoms with van der Waals surface area (Å²) in [6.45, 7) is 0. The molecule has 0 fully saturated rings. The molecule has 0 bridgehead atoms. The maximum atomic E-state index is 11.2.